The van der Waals surface area contributed by atoms with Gasteiger partial charge in [-0.05, 0) is 153 Å². The average Bonchev–Trinajstić information content (AvgIpc) is 3.26. The molecule has 1 aliphatic rings. The van der Waals surface area contributed by atoms with Gasteiger partial charge in [-0.25, -0.2) is 0 Å². The van der Waals surface area contributed by atoms with Gasteiger partial charge >= 0.3 is 0 Å². The molecule has 0 radical (unpaired) electrons. The zero-order chi connectivity index (χ0) is 37.3. The van der Waals surface area contributed by atoms with Crippen molar-refractivity contribution in [1.82, 2.24) is 0 Å². The van der Waals surface area contributed by atoms with Gasteiger partial charge in [0, 0.05) is 4.90 Å². The maximum Gasteiger partial charge on any atom is 0.0119 e. The summed E-state index contributed by atoms with van der Waals surface area (Å²) in [7, 11) is 0. The van der Waals surface area contributed by atoms with Gasteiger partial charge in [0.25, 0.3) is 0 Å². The van der Waals surface area contributed by atoms with Crippen LogP contribution in [0.5, 0.6) is 0 Å². The van der Waals surface area contributed by atoms with Crippen LogP contribution in [-0.4, -0.2) is 0 Å². The maximum atomic E-state index is 5.03. The molecule has 1 aliphatic carbocycles. The summed E-state index contributed by atoms with van der Waals surface area (Å²) in [4.78, 5) is 0.968. The van der Waals surface area contributed by atoms with E-state index in [1.807, 2.05) is 0 Å². The van der Waals surface area contributed by atoms with Crippen molar-refractivity contribution >= 4 is 44.9 Å². The van der Waals surface area contributed by atoms with Crippen molar-refractivity contribution in [1.29, 1.82) is 0 Å². The summed E-state index contributed by atoms with van der Waals surface area (Å²) < 4.78 is 0. The molecule has 0 fully saturated rings. The predicted octanol–water partition coefficient (Wildman–Crippen LogP) is 15.7. The van der Waals surface area contributed by atoms with Crippen LogP contribution < -0.4 is 0 Å². The Hall–Kier alpha value is -6.67. The Labute approximate surface area is 332 Å². The topological polar surface area (TPSA) is 0 Å². The molecule has 0 unspecified atom stereocenters. The molecule has 0 aromatic heterocycles. The highest BCUT2D eigenvalue weighted by molar-refractivity contribution is 7.80. The Bertz CT molecular complexity index is 3190. The molecule has 56 heavy (non-hydrogen) atoms. The largest absolute Gasteiger partial charge is 0.143 e. The molecular formula is C55H36S. The summed E-state index contributed by atoms with van der Waals surface area (Å²) in [5.41, 5.74) is 18.2. The Morgan fingerprint density at radius 2 is 0.679 bits per heavy atom. The molecule has 0 aliphatic heterocycles. The number of thiol groups is 1. The summed E-state index contributed by atoms with van der Waals surface area (Å²) >= 11 is 5.03. The van der Waals surface area contributed by atoms with E-state index in [9.17, 15) is 0 Å². The van der Waals surface area contributed by atoms with E-state index >= 15 is 0 Å². The molecule has 11 rings (SSSR count). The summed E-state index contributed by atoms with van der Waals surface area (Å²) in [5, 5.41) is 7.68. The number of benzene rings is 10. The van der Waals surface area contributed by atoms with E-state index in [-0.39, 0.29) is 0 Å². The Morgan fingerprint density at radius 3 is 1.27 bits per heavy atom. The molecule has 0 N–H and O–H groups in total. The van der Waals surface area contributed by atoms with Gasteiger partial charge in [0.05, 0.1) is 0 Å². The van der Waals surface area contributed by atoms with E-state index in [1.165, 1.54) is 105 Å². The molecule has 10 aromatic carbocycles. The fraction of sp³-hybridized carbons (Fsp3) is 0.0182. The van der Waals surface area contributed by atoms with E-state index < -0.39 is 0 Å². The van der Waals surface area contributed by atoms with E-state index in [2.05, 4.69) is 201 Å². The van der Waals surface area contributed by atoms with Crippen molar-refractivity contribution in [2.24, 2.45) is 0 Å². The zero-order valence-electron chi connectivity index (χ0n) is 30.9. The SMILES string of the molecule is Cc1ccccc1-c1cc(-c2cc(-c3ccc4c5ccccc5c5ccccc5c4c3)cc3c2-c2ccccc2-c2ccccc2-c2ccccc2-3)ccc1S. The first-order valence-electron chi connectivity index (χ1n) is 19.3. The van der Waals surface area contributed by atoms with Crippen molar-refractivity contribution in [3.8, 4) is 77.9 Å². The molecule has 0 saturated heterocycles. The maximum absolute atomic E-state index is 5.03. The third-order valence-electron chi connectivity index (χ3n) is 11.9. The van der Waals surface area contributed by atoms with Crippen molar-refractivity contribution in [3.63, 3.8) is 0 Å². The first-order chi connectivity index (χ1) is 27.6. The smallest absolute Gasteiger partial charge is 0.0119 e. The first kappa shape index (κ1) is 32.7. The van der Waals surface area contributed by atoms with Gasteiger partial charge < -0.3 is 0 Å². The van der Waals surface area contributed by atoms with Crippen LogP contribution in [0.15, 0.2) is 199 Å². The average molecular weight is 729 g/mol. The zero-order valence-corrected chi connectivity index (χ0v) is 31.8. The number of hydrogen-bond acceptors (Lipinski definition) is 1. The van der Waals surface area contributed by atoms with E-state index in [1.54, 1.807) is 0 Å². The number of fused-ring (bicyclic) bond motifs is 14. The quantitative estimate of drug-likeness (QED) is 0.136. The summed E-state index contributed by atoms with van der Waals surface area (Å²) in [6, 6.07) is 71.8. The molecule has 0 atom stereocenters. The van der Waals surface area contributed by atoms with Crippen molar-refractivity contribution < 1.29 is 0 Å². The molecule has 0 saturated carbocycles. The lowest BCUT2D eigenvalue weighted by atomic mass is 9.77. The minimum Gasteiger partial charge on any atom is -0.143 e. The Morgan fingerprint density at radius 1 is 0.268 bits per heavy atom. The molecule has 0 heterocycles. The van der Waals surface area contributed by atoms with E-state index in [0.29, 0.717) is 0 Å². The monoisotopic (exact) mass is 728 g/mol. The Kier molecular flexibility index (Phi) is 7.59. The molecule has 0 spiro atoms. The number of rotatable bonds is 3. The molecule has 0 amide bonds. The fourth-order valence-corrected chi connectivity index (χ4v) is 9.52. The molecule has 0 bridgehead atoms. The van der Waals surface area contributed by atoms with Crippen LogP contribution in [0.2, 0.25) is 0 Å². The van der Waals surface area contributed by atoms with Gasteiger partial charge in [-0.15, -0.1) is 12.6 Å². The van der Waals surface area contributed by atoms with Crippen LogP contribution in [0.25, 0.3) is 110 Å². The lowest BCUT2D eigenvalue weighted by Gasteiger charge is -2.26. The first-order valence-corrected chi connectivity index (χ1v) is 19.8. The Balaban J connectivity index is 1.26. The van der Waals surface area contributed by atoms with Gasteiger partial charge in [0.1, 0.15) is 0 Å². The second kappa shape index (κ2) is 13.0. The van der Waals surface area contributed by atoms with Crippen LogP contribution in [0, 0.1) is 6.92 Å². The van der Waals surface area contributed by atoms with Gasteiger partial charge in [-0.1, -0.05) is 164 Å². The minimum atomic E-state index is 0.968. The highest BCUT2D eigenvalue weighted by atomic mass is 32.1. The molecule has 0 nitrogen and oxygen atoms in total. The van der Waals surface area contributed by atoms with Gasteiger partial charge in [-0.3, -0.25) is 0 Å². The number of hydrogen-bond donors (Lipinski definition) is 1. The van der Waals surface area contributed by atoms with Crippen LogP contribution in [0.1, 0.15) is 5.56 Å². The third-order valence-corrected chi connectivity index (χ3v) is 12.3. The van der Waals surface area contributed by atoms with E-state index in [0.717, 1.165) is 16.0 Å². The standard InChI is InChI=1S/C55H36S/c1-34-14-2-3-15-38(34)52-31-36(27-29-54(52)56)50-32-37(35-26-28-48-44-21-7-5-17-40(44)42-19-8-10-23-46(42)51(48)30-35)33-53-47-24-11-9-20-43(47)39-16-4-6-18-41(39)45-22-12-13-25-49(45)55(50)53/h2-33,56H,1H3. The van der Waals surface area contributed by atoms with Gasteiger partial charge in [0.2, 0.25) is 0 Å². The predicted molar refractivity (Wildman–Crippen MR) is 243 cm³/mol. The minimum absolute atomic E-state index is 0.968. The highest BCUT2D eigenvalue weighted by Crippen LogP contribution is 2.52. The summed E-state index contributed by atoms with van der Waals surface area (Å²) in [5.74, 6) is 0. The molecular weight excluding hydrogens is 693 g/mol. The lowest BCUT2D eigenvalue weighted by Crippen LogP contribution is -2.00. The third kappa shape index (κ3) is 5.09. The molecule has 262 valence electrons. The van der Waals surface area contributed by atoms with Crippen molar-refractivity contribution in [2.45, 2.75) is 11.8 Å². The second-order valence-electron chi connectivity index (χ2n) is 15.0. The molecule has 10 aromatic rings. The van der Waals surface area contributed by atoms with Crippen LogP contribution >= 0.6 is 12.6 Å². The van der Waals surface area contributed by atoms with E-state index in [4.69, 9.17) is 12.6 Å². The van der Waals surface area contributed by atoms with Crippen LogP contribution in [-0.2, 0) is 0 Å². The summed E-state index contributed by atoms with van der Waals surface area (Å²) in [6.45, 7) is 2.18. The van der Waals surface area contributed by atoms with Gasteiger partial charge in [-0.2, -0.15) is 0 Å². The van der Waals surface area contributed by atoms with Crippen molar-refractivity contribution in [2.75, 3.05) is 0 Å². The van der Waals surface area contributed by atoms with Gasteiger partial charge in [0.15, 0.2) is 0 Å². The second-order valence-corrected chi connectivity index (χ2v) is 15.5. The lowest BCUT2D eigenvalue weighted by molar-refractivity contribution is 1.40. The molecule has 1 heteroatoms. The van der Waals surface area contributed by atoms with Crippen molar-refractivity contribution in [3.05, 3.63) is 200 Å². The summed E-state index contributed by atoms with van der Waals surface area (Å²) in [6.07, 6.45) is 0. The number of aryl methyl sites for hydroxylation is 1. The normalized spacial score (nSPS) is 11.8. The fourth-order valence-electron chi connectivity index (χ4n) is 9.26. The van der Waals surface area contributed by atoms with Crippen LogP contribution in [0.3, 0.4) is 0 Å². The van der Waals surface area contributed by atoms with Crippen LogP contribution in [0.4, 0.5) is 0 Å². The highest BCUT2D eigenvalue weighted by Gasteiger charge is 2.26.